The van der Waals surface area contributed by atoms with Gasteiger partial charge in [-0.3, -0.25) is 9.59 Å². The van der Waals surface area contributed by atoms with Crippen molar-refractivity contribution in [2.24, 2.45) is 0 Å². The molecule has 1 N–H and O–H groups in total. The van der Waals surface area contributed by atoms with Crippen molar-refractivity contribution in [2.45, 2.75) is 6.42 Å². The van der Waals surface area contributed by atoms with Crippen molar-refractivity contribution in [1.82, 2.24) is 5.48 Å². The van der Waals surface area contributed by atoms with Crippen molar-refractivity contribution in [2.75, 3.05) is 5.33 Å². The normalized spacial score (nSPS) is 13.8. The van der Waals surface area contributed by atoms with Gasteiger partial charge in [-0.2, -0.15) is 5.48 Å². The quantitative estimate of drug-likeness (QED) is 0.649. The molecule has 0 atom stereocenters. The van der Waals surface area contributed by atoms with Crippen LogP contribution in [0.4, 0.5) is 0 Å². The van der Waals surface area contributed by atoms with E-state index in [1.54, 1.807) is 18.2 Å². The van der Waals surface area contributed by atoms with Crippen molar-refractivity contribution in [3.63, 3.8) is 0 Å². The molecule has 0 fully saturated rings. The molecule has 1 aliphatic rings. The van der Waals surface area contributed by atoms with Gasteiger partial charge in [0, 0.05) is 11.1 Å². The van der Waals surface area contributed by atoms with Crippen molar-refractivity contribution in [3.05, 3.63) is 29.3 Å². The number of hydrogen-bond donors (Lipinski definition) is 1. The summed E-state index contributed by atoms with van der Waals surface area (Å²) in [4.78, 5) is 27.4. The van der Waals surface area contributed by atoms with Gasteiger partial charge in [-0.25, -0.2) is 0 Å². The lowest BCUT2D eigenvalue weighted by molar-refractivity contribution is -0.128. The lowest BCUT2D eigenvalue weighted by Crippen LogP contribution is -2.33. The third-order valence-corrected chi connectivity index (χ3v) is 2.64. The Kier molecular flexibility index (Phi) is 2.73. The largest absolute Gasteiger partial charge is 0.379 e. The van der Waals surface area contributed by atoms with E-state index in [-0.39, 0.29) is 23.4 Å². The van der Waals surface area contributed by atoms with Crippen LogP contribution in [-0.4, -0.2) is 17.0 Å². The van der Waals surface area contributed by atoms with E-state index in [4.69, 9.17) is 4.84 Å². The van der Waals surface area contributed by atoms with Gasteiger partial charge in [0.15, 0.2) is 11.5 Å². The molecule has 1 amide bonds. The van der Waals surface area contributed by atoms with E-state index in [0.29, 0.717) is 11.3 Å². The van der Waals surface area contributed by atoms with Gasteiger partial charge in [-0.1, -0.05) is 15.9 Å². The molecule has 1 aromatic rings. The first-order chi connectivity index (χ1) is 7.20. The molecule has 0 saturated carbocycles. The maximum absolute atomic E-state index is 11.4. The summed E-state index contributed by atoms with van der Waals surface area (Å²) in [5.74, 6) is 0.385. The zero-order valence-electron chi connectivity index (χ0n) is 7.75. The fourth-order valence-electron chi connectivity index (χ4n) is 1.39. The first kappa shape index (κ1) is 10.2. The fraction of sp³-hybridized carbons (Fsp3) is 0.200. The SMILES string of the molecule is O=C1Cc2cc(C(=O)CBr)ccc2ON1. The third-order valence-electron chi connectivity index (χ3n) is 2.13. The summed E-state index contributed by atoms with van der Waals surface area (Å²) in [5, 5.41) is 0.277. The van der Waals surface area contributed by atoms with E-state index in [1.165, 1.54) is 0 Å². The summed E-state index contributed by atoms with van der Waals surface area (Å²) in [6.07, 6.45) is 0.249. The zero-order valence-corrected chi connectivity index (χ0v) is 9.33. The molecule has 0 aliphatic carbocycles. The number of carbonyl (C=O) groups is 2. The number of rotatable bonds is 2. The lowest BCUT2D eigenvalue weighted by Gasteiger charge is -2.16. The highest BCUT2D eigenvalue weighted by molar-refractivity contribution is 9.09. The number of hydrogen-bond acceptors (Lipinski definition) is 3. The molecule has 2 rings (SSSR count). The smallest absolute Gasteiger partial charge is 0.257 e. The Bertz CT molecular complexity index is 431. The summed E-state index contributed by atoms with van der Waals surface area (Å²) in [6, 6.07) is 5.06. The number of carbonyl (C=O) groups excluding carboxylic acids is 2. The van der Waals surface area contributed by atoms with Gasteiger partial charge >= 0.3 is 0 Å². The Morgan fingerprint density at radius 1 is 1.53 bits per heavy atom. The molecule has 0 saturated heterocycles. The fourth-order valence-corrected chi connectivity index (χ4v) is 1.71. The first-order valence-corrected chi connectivity index (χ1v) is 5.50. The van der Waals surface area contributed by atoms with Crippen LogP contribution >= 0.6 is 15.9 Å². The molecule has 0 unspecified atom stereocenters. The van der Waals surface area contributed by atoms with Crippen LogP contribution in [-0.2, 0) is 11.2 Å². The molecule has 1 aliphatic heterocycles. The second kappa shape index (κ2) is 4.02. The standard InChI is InChI=1S/C10H8BrNO3/c11-5-8(13)6-1-2-9-7(3-6)4-10(14)12-15-9/h1-3H,4-5H2,(H,12,14). The Hall–Kier alpha value is -1.36. The van der Waals surface area contributed by atoms with E-state index in [2.05, 4.69) is 21.4 Å². The number of halogens is 1. The first-order valence-electron chi connectivity index (χ1n) is 4.38. The number of benzene rings is 1. The Balaban J connectivity index is 2.36. The number of fused-ring (bicyclic) bond motifs is 1. The van der Waals surface area contributed by atoms with E-state index in [0.717, 1.165) is 5.56 Å². The molecule has 0 radical (unpaired) electrons. The van der Waals surface area contributed by atoms with Crippen LogP contribution in [0.5, 0.6) is 5.75 Å². The molecule has 0 bridgehead atoms. The Labute approximate surface area is 94.7 Å². The average molecular weight is 270 g/mol. The van der Waals surface area contributed by atoms with Crippen LogP contribution in [0, 0.1) is 0 Å². The van der Waals surface area contributed by atoms with Gasteiger partial charge in [-0.05, 0) is 18.2 Å². The highest BCUT2D eigenvalue weighted by atomic mass is 79.9. The van der Waals surface area contributed by atoms with Crippen LogP contribution in [0.3, 0.4) is 0 Å². The Morgan fingerprint density at radius 2 is 2.33 bits per heavy atom. The topological polar surface area (TPSA) is 55.4 Å². The number of nitrogens with one attached hydrogen (secondary N) is 1. The minimum Gasteiger partial charge on any atom is -0.379 e. The predicted octanol–water partition coefficient (Wildman–Crippen LogP) is 1.23. The maximum Gasteiger partial charge on any atom is 0.257 e. The van der Waals surface area contributed by atoms with Crippen LogP contribution in [0.15, 0.2) is 18.2 Å². The van der Waals surface area contributed by atoms with Crippen LogP contribution < -0.4 is 10.3 Å². The maximum atomic E-state index is 11.4. The van der Waals surface area contributed by atoms with Crippen LogP contribution in [0.25, 0.3) is 0 Å². The molecule has 15 heavy (non-hydrogen) atoms. The van der Waals surface area contributed by atoms with E-state index in [1.807, 2.05) is 0 Å². The van der Waals surface area contributed by atoms with Crippen LogP contribution in [0.2, 0.25) is 0 Å². The molecule has 0 aromatic heterocycles. The summed E-state index contributed by atoms with van der Waals surface area (Å²) in [6.45, 7) is 0. The molecule has 4 nitrogen and oxygen atoms in total. The number of amides is 1. The molecule has 78 valence electrons. The zero-order chi connectivity index (χ0) is 10.8. The second-order valence-corrected chi connectivity index (χ2v) is 3.74. The monoisotopic (exact) mass is 269 g/mol. The predicted molar refractivity (Wildman–Crippen MR) is 57.0 cm³/mol. The van der Waals surface area contributed by atoms with Gasteiger partial charge in [0.05, 0.1) is 11.8 Å². The molecular formula is C10H8BrNO3. The summed E-state index contributed by atoms with van der Waals surface area (Å²) >= 11 is 3.10. The number of Topliss-reactive ketones (excluding diaryl/α,β-unsaturated/α-hetero) is 1. The van der Waals surface area contributed by atoms with Crippen molar-refractivity contribution < 1.29 is 14.4 Å². The van der Waals surface area contributed by atoms with Crippen molar-refractivity contribution >= 4 is 27.6 Å². The van der Waals surface area contributed by atoms with Gasteiger partial charge < -0.3 is 4.84 Å². The number of ketones is 1. The van der Waals surface area contributed by atoms with Crippen LogP contribution in [0.1, 0.15) is 15.9 Å². The van der Waals surface area contributed by atoms with Crippen molar-refractivity contribution in [3.8, 4) is 5.75 Å². The third kappa shape index (κ3) is 2.02. The van der Waals surface area contributed by atoms with E-state index in [9.17, 15) is 9.59 Å². The molecule has 1 aromatic carbocycles. The van der Waals surface area contributed by atoms with Crippen molar-refractivity contribution in [1.29, 1.82) is 0 Å². The number of hydroxylamine groups is 1. The minimum absolute atomic E-state index is 0.0104. The van der Waals surface area contributed by atoms with Gasteiger partial charge in [-0.15, -0.1) is 0 Å². The molecule has 0 spiro atoms. The van der Waals surface area contributed by atoms with E-state index >= 15 is 0 Å². The van der Waals surface area contributed by atoms with Gasteiger partial charge in [0.1, 0.15) is 0 Å². The Morgan fingerprint density at radius 3 is 3.07 bits per heavy atom. The minimum atomic E-state index is -0.203. The highest BCUT2D eigenvalue weighted by Crippen LogP contribution is 2.23. The van der Waals surface area contributed by atoms with E-state index < -0.39 is 0 Å². The summed E-state index contributed by atoms with van der Waals surface area (Å²) in [7, 11) is 0. The molecule has 1 heterocycles. The molecular weight excluding hydrogens is 262 g/mol. The summed E-state index contributed by atoms with van der Waals surface area (Å²) < 4.78 is 0. The summed E-state index contributed by atoms with van der Waals surface area (Å²) in [5.41, 5.74) is 3.60. The average Bonchev–Trinajstić information content (AvgIpc) is 2.27. The second-order valence-electron chi connectivity index (χ2n) is 3.18. The van der Waals surface area contributed by atoms with Gasteiger partial charge in [0.25, 0.3) is 5.91 Å². The molecule has 5 heteroatoms. The number of alkyl halides is 1. The van der Waals surface area contributed by atoms with Gasteiger partial charge in [0.2, 0.25) is 0 Å². The highest BCUT2D eigenvalue weighted by Gasteiger charge is 2.17. The lowest BCUT2D eigenvalue weighted by atomic mass is 10.0.